The van der Waals surface area contributed by atoms with Crippen LogP contribution < -0.4 is 5.73 Å². The minimum absolute atomic E-state index is 0.221. The van der Waals surface area contributed by atoms with Gasteiger partial charge in [-0.2, -0.15) is 0 Å². The van der Waals surface area contributed by atoms with Gasteiger partial charge < -0.3 is 15.0 Å². The van der Waals surface area contributed by atoms with E-state index in [0.29, 0.717) is 5.57 Å². The van der Waals surface area contributed by atoms with Crippen LogP contribution in [0, 0.1) is 6.92 Å². The van der Waals surface area contributed by atoms with Crippen molar-refractivity contribution >= 4 is 16.8 Å². The third-order valence-electron chi connectivity index (χ3n) is 5.41. The molecule has 2 unspecified atom stereocenters. The maximum atomic E-state index is 12.2. The first-order chi connectivity index (χ1) is 11.5. The summed E-state index contributed by atoms with van der Waals surface area (Å²) in [6, 6.07) is 8.25. The van der Waals surface area contributed by atoms with Crippen LogP contribution in [0.25, 0.3) is 10.9 Å². The van der Waals surface area contributed by atoms with E-state index < -0.39 is 11.5 Å². The fourth-order valence-electron chi connectivity index (χ4n) is 3.96. The molecule has 2 aromatic rings. The first-order valence-electron chi connectivity index (χ1n) is 8.25. The first-order valence-corrected chi connectivity index (χ1v) is 8.25. The topological polar surface area (TPSA) is 57.2 Å². The van der Waals surface area contributed by atoms with E-state index >= 15 is 0 Å². The fraction of sp³-hybridized carbons (Fsp3) is 0.350. The number of carbonyl (C=O) groups is 1. The highest BCUT2D eigenvalue weighted by atomic mass is 16.5. The Bertz CT molecular complexity index is 854. The smallest absolute Gasteiger partial charge is 0.245 e. The van der Waals surface area contributed by atoms with Gasteiger partial charge in [0.25, 0.3) is 0 Å². The highest BCUT2D eigenvalue weighted by molar-refractivity contribution is 5.97. The molecular formula is C20H24N2O2. The minimum Gasteiger partial charge on any atom is -0.373 e. The van der Waals surface area contributed by atoms with Crippen molar-refractivity contribution in [1.29, 1.82) is 0 Å². The fourth-order valence-corrected chi connectivity index (χ4v) is 3.96. The van der Waals surface area contributed by atoms with Gasteiger partial charge >= 0.3 is 0 Å². The van der Waals surface area contributed by atoms with Gasteiger partial charge in [0.1, 0.15) is 0 Å². The van der Waals surface area contributed by atoms with E-state index in [1.807, 2.05) is 37.4 Å². The average Bonchev–Trinajstić information content (AvgIpc) is 2.85. The Hall–Kier alpha value is -2.33. The Kier molecular flexibility index (Phi) is 4.10. The number of aryl methyl sites for hydroxylation is 1. The van der Waals surface area contributed by atoms with Crippen molar-refractivity contribution in [2.24, 2.45) is 12.8 Å². The summed E-state index contributed by atoms with van der Waals surface area (Å²) in [5.74, 6) is -0.618. The Morgan fingerprint density at radius 2 is 2.08 bits per heavy atom. The molecule has 1 aliphatic rings. The summed E-state index contributed by atoms with van der Waals surface area (Å²) in [6.45, 7) is 4.16. The zero-order valence-corrected chi connectivity index (χ0v) is 14.7. The number of rotatable bonds is 4. The molecule has 0 aliphatic heterocycles. The quantitative estimate of drug-likeness (QED) is 0.937. The number of nitrogens with two attached hydrogens (primary N) is 1. The molecule has 0 radical (unpaired) electrons. The molecule has 126 valence electrons. The number of fused-ring (bicyclic) bond motifs is 1. The highest BCUT2D eigenvalue weighted by Crippen LogP contribution is 2.46. The second-order valence-electron chi connectivity index (χ2n) is 6.37. The monoisotopic (exact) mass is 324 g/mol. The molecule has 0 saturated heterocycles. The summed E-state index contributed by atoms with van der Waals surface area (Å²) >= 11 is 0. The van der Waals surface area contributed by atoms with E-state index in [9.17, 15) is 4.79 Å². The molecule has 1 heterocycles. The number of nitrogens with zero attached hydrogens (tertiary/aromatic N) is 1. The summed E-state index contributed by atoms with van der Waals surface area (Å²) in [5.41, 5.74) is 9.13. The zero-order valence-electron chi connectivity index (χ0n) is 14.7. The van der Waals surface area contributed by atoms with Crippen molar-refractivity contribution in [3.8, 4) is 0 Å². The molecule has 0 saturated carbocycles. The second kappa shape index (κ2) is 5.95. The maximum Gasteiger partial charge on any atom is 0.245 e. The largest absolute Gasteiger partial charge is 0.373 e. The summed E-state index contributed by atoms with van der Waals surface area (Å²) in [7, 11) is 3.75. The molecular weight excluding hydrogens is 300 g/mol. The number of hydrogen-bond acceptors (Lipinski definition) is 2. The van der Waals surface area contributed by atoms with Gasteiger partial charge in [0.2, 0.25) is 5.91 Å². The Labute approximate surface area is 142 Å². The lowest BCUT2D eigenvalue weighted by atomic mass is 9.71. The van der Waals surface area contributed by atoms with Crippen molar-refractivity contribution in [1.82, 2.24) is 4.57 Å². The number of methoxy groups -OCH3 is 1. The summed E-state index contributed by atoms with van der Waals surface area (Å²) in [4.78, 5) is 12.2. The summed E-state index contributed by atoms with van der Waals surface area (Å²) in [5, 5.41) is 1.14. The molecule has 1 aromatic carbocycles. The van der Waals surface area contributed by atoms with Crippen molar-refractivity contribution < 1.29 is 9.53 Å². The number of para-hydroxylation sites is 1. The average molecular weight is 324 g/mol. The number of aromatic nitrogens is 1. The van der Waals surface area contributed by atoms with Crippen LogP contribution in [0.1, 0.15) is 30.5 Å². The SMILES string of the molecule is CCC1(OC)C=CC=C(C(N)=O)C1c1c(C)n(C)c2ccccc12. The maximum absolute atomic E-state index is 12.2. The number of allylic oxidation sites excluding steroid dienone is 2. The van der Waals surface area contributed by atoms with Gasteiger partial charge in [-0.25, -0.2) is 0 Å². The molecule has 0 fully saturated rings. The van der Waals surface area contributed by atoms with Gasteiger partial charge in [-0.1, -0.05) is 43.4 Å². The zero-order chi connectivity index (χ0) is 17.5. The predicted molar refractivity (Wildman–Crippen MR) is 96.8 cm³/mol. The molecule has 4 nitrogen and oxygen atoms in total. The molecule has 0 spiro atoms. The molecule has 1 aromatic heterocycles. The van der Waals surface area contributed by atoms with Crippen LogP contribution in [0.15, 0.2) is 48.1 Å². The van der Waals surface area contributed by atoms with Crippen LogP contribution in [-0.4, -0.2) is 23.2 Å². The summed E-state index contributed by atoms with van der Waals surface area (Å²) in [6.07, 6.45) is 6.49. The molecule has 3 rings (SSSR count). The highest BCUT2D eigenvalue weighted by Gasteiger charge is 2.43. The normalized spacial score (nSPS) is 23.5. The Morgan fingerprint density at radius 3 is 2.71 bits per heavy atom. The van der Waals surface area contributed by atoms with Crippen LogP contribution in [0.2, 0.25) is 0 Å². The lowest BCUT2D eigenvalue weighted by Gasteiger charge is -2.39. The number of ether oxygens (including phenoxy) is 1. The van der Waals surface area contributed by atoms with Gasteiger partial charge in [0.05, 0.1) is 5.60 Å². The molecule has 1 aliphatic carbocycles. The van der Waals surface area contributed by atoms with E-state index in [-0.39, 0.29) is 5.92 Å². The third-order valence-corrected chi connectivity index (χ3v) is 5.41. The van der Waals surface area contributed by atoms with Gasteiger partial charge in [-0.3, -0.25) is 4.79 Å². The van der Waals surface area contributed by atoms with Crippen molar-refractivity contribution in [3.63, 3.8) is 0 Å². The van der Waals surface area contributed by atoms with Crippen LogP contribution in [0.4, 0.5) is 0 Å². The summed E-state index contributed by atoms with van der Waals surface area (Å²) < 4.78 is 8.11. The van der Waals surface area contributed by atoms with Crippen molar-refractivity contribution in [3.05, 3.63) is 59.3 Å². The molecule has 2 N–H and O–H groups in total. The number of carbonyl (C=O) groups excluding carboxylic acids is 1. The van der Waals surface area contributed by atoms with E-state index in [1.165, 1.54) is 0 Å². The van der Waals surface area contributed by atoms with E-state index in [4.69, 9.17) is 10.5 Å². The Balaban J connectivity index is 2.36. The Morgan fingerprint density at radius 1 is 1.38 bits per heavy atom. The number of hydrogen-bond donors (Lipinski definition) is 1. The molecule has 4 heteroatoms. The number of benzene rings is 1. The van der Waals surface area contributed by atoms with Gasteiger partial charge in [-0.05, 0) is 25.0 Å². The molecule has 0 bridgehead atoms. The van der Waals surface area contributed by atoms with Crippen LogP contribution in [0.5, 0.6) is 0 Å². The standard InChI is InChI=1S/C20H24N2O2/c1-5-20(24-4)12-8-10-15(19(21)23)18(20)17-13(2)22(3)16-11-7-6-9-14(16)17/h6-12,18H,5H2,1-4H3,(H2,21,23). The van der Waals surface area contributed by atoms with Crippen LogP contribution in [-0.2, 0) is 16.6 Å². The predicted octanol–water partition coefficient (Wildman–Crippen LogP) is 3.35. The van der Waals surface area contributed by atoms with Crippen LogP contribution in [0.3, 0.4) is 0 Å². The number of amides is 1. The first kappa shape index (κ1) is 16.5. The lowest BCUT2D eigenvalue weighted by molar-refractivity contribution is -0.115. The van der Waals surface area contributed by atoms with Crippen molar-refractivity contribution in [2.45, 2.75) is 31.8 Å². The van der Waals surface area contributed by atoms with Gasteiger partial charge in [0, 0.05) is 42.2 Å². The molecule has 24 heavy (non-hydrogen) atoms. The second-order valence-corrected chi connectivity index (χ2v) is 6.37. The lowest BCUT2D eigenvalue weighted by Crippen LogP contribution is -2.41. The van der Waals surface area contributed by atoms with Crippen LogP contribution >= 0.6 is 0 Å². The van der Waals surface area contributed by atoms with E-state index in [1.54, 1.807) is 7.11 Å². The van der Waals surface area contributed by atoms with Crippen molar-refractivity contribution in [2.75, 3.05) is 7.11 Å². The third kappa shape index (κ3) is 2.21. The van der Waals surface area contributed by atoms with E-state index in [0.717, 1.165) is 28.6 Å². The van der Waals surface area contributed by atoms with Gasteiger partial charge in [0.15, 0.2) is 0 Å². The molecule has 2 atom stereocenters. The minimum atomic E-state index is -0.575. The molecule has 1 amide bonds. The van der Waals surface area contributed by atoms with Gasteiger partial charge in [-0.15, -0.1) is 0 Å². The number of primary amides is 1. The van der Waals surface area contributed by atoms with E-state index in [2.05, 4.69) is 30.5 Å².